The standard InChI is InChI=1S/C11H12BrFO2/c12-6-5-11(14-7-8-15-11)9-1-3-10(13)4-2-9/h1-4H,5-8H2. The Morgan fingerprint density at radius 2 is 1.80 bits per heavy atom. The Labute approximate surface area is 96.5 Å². The number of hydrogen-bond donors (Lipinski definition) is 0. The van der Waals surface area contributed by atoms with Gasteiger partial charge < -0.3 is 9.47 Å². The van der Waals surface area contributed by atoms with Crippen molar-refractivity contribution in [3.8, 4) is 0 Å². The van der Waals surface area contributed by atoms with Gasteiger partial charge in [-0.1, -0.05) is 28.1 Å². The average molecular weight is 275 g/mol. The number of hydrogen-bond acceptors (Lipinski definition) is 2. The lowest BCUT2D eigenvalue weighted by molar-refractivity contribution is -0.166. The zero-order valence-electron chi connectivity index (χ0n) is 8.21. The van der Waals surface area contributed by atoms with Crippen LogP contribution in [0.5, 0.6) is 0 Å². The topological polar surface area (TPSA) is 18.5 Å². The molecule has 0 N–H and O–H groups in total. The molecule has 0 aliphatic carbocycles. The number of rotatable bonds is 3. The highest BCUT2D eigenvalue weighted by molar-refractivity contribution is 9.09. The second kappa shape index (κ2) is 4.60. The lowest BCUT2D eigenvalue weighted by atomic mass is 10.0. The first-order valence-electron chi connectivity index (χ1n) is 4.87. The summed E-state index contributed by atoms with van der Waals surface area (Å²) < 4.78 is 24.1. The van der Waals surface area contributed by atoms with Crippen LogP contribution in [0.15, 0.2) is 24.3 Å². The summed E-state index contributed by atoms with van der Waals surface area (Å²) in [6.45, 7) is 1.18. The third-order valence-corrected chi connectivity index (χ3v) is 2.86. The minimum atomic E-state index is -0.683. The molecule has 2 nitrogen and oxygen atoms in total. The van der Waals surface area contributed by atoms with E-state index in [0.29, 0.717) is 13.2 Å². The van der Waals surface area contributed by atoms with Gasteiger partial charge >= 0.3 is 0 Å². The predicted octanol–water partition coefficient (Wildman–Crippen LogP) is 2.81. The molecule has 1 heterocycles. The highest BCUT2D eigenvalue weighted by Crippen LogP contribution is 2.35. The van der Waals surface area contributed by atoms with Crippen molar-refractivity contribution in [3.63, 3.8) is 0 Å². The first-order chi connectivity index (χ1) is 7.27. The molecule has 2 rings (SSSR count). The van der Waals surface area contributed by atoms with Gasteiger partial charge in [0.15, 0.2) is 5.79 Å². The van der Waals surface area contributed by atoms with E-state index in [0.717, 1.165) is 17.3 Å². The van der Waals surface area contributed by atoms with E-state index < -0.39 is 5.79 Å². The number of halogens is 2. The lowest BCUT2D eigenvalue weighted by Crippen LogP contribution is -2.27. The van der Waals surface area contributed by atoms with Gasteiger partial charge in [-0.3, -0.25) is 0 Å². The molecule has 4 heteroatoms. The van der Waals surface area contributed by atoms with E-state index in [4.69, 9.17) is 9.47 Å². The first kappa shape index (κ1) is 11.0. The van der Waals surface area contributed by atoms with Crippen molar-refractivity contribution in [1.29, 1.82) is 0 Å². The Bertz CT molecular complexity index is 320. The van der Waals surface area contributed by atoms with Crippen LogP contribution in [0, 0.1) is 5.82 Å². The highest BCUT2D eigenvalue weighted by Gasteiger charge is 2.37. The Morgan fingerprint density at radius 1 is 1.20 bits per heavy atom. The molecule has 0 spiro atoms. The molecule has 15 heavy (non-hydrogen) atoms. The van der Waals surface area contributed by atoms with Crippen LogP contribution in [0.1, 0.15) is 12.0 Å². The highest BCUT2D eigenvalue weighted by atomic mass is 79.9. The second-order valence-corrected chi connectivity index (χ2v) is 4.19. The van der Waals surface area contributed by atoms with Crippen LogP contribution in [0.4, 0.5) is 4.39 Å². The lowest BCUT2D eigenvalue weighted by Gasteiger charge is -2.27. The largest absolute Gasteiger partial charge is 0.343 e. The Hall–Kier alpha value is -0.450. The fraction of sp³-hybridized carbons (Fsp3) is 0.455. The maximum atomic E-state index is 12.8. The van der Waals surface area contributed by atoms with E-state index in [9.17, 15) is 4.39 Å². The molecule has 0 amide bonds. The predicted molar refractivity (Wildman–Crippen MR) is 58.4 cm³/mol. The van der Waals surface area contributed by atoms with Crippen LogP contribution < -0.4 is 0 Å². The van der Waals surface area contributed by atoms with Gasteiger partial charge in [0.1, 0.15) is 5.82 Å². The minimum absolute atomic E-state index is 0.245. The van der Waals surface area contributed by atoms with Gasteiger partial charge in [0.05, 0.1) is 13.2 Å². The van der Waals surface area contributed by atoms with Gasteiger partial charge in [-0.2, -0.15) is 0 Å². The molecule has 1 fully saturated rings. The first-order valence-corrected chi connectivity index (χ1v) is 5.99. The van der Waals surface area contributed by atoms with Gasteiger partial charge in [-0.05, 0) is 12.1 Å². The Balaban J connectivity index is 2.28. The van der Waals surface area contributed by atoms with E-state index in [1.807, 2.05) is 0 Å². The summed E-state index contributed by atoms with van der Waals surface area (Å²) in [4.78, 5) is 0. The van der Waals surface area contributed by atoms with Crippen LogP contribution >= 0.6 is 15.9 Å². The molecule has 82 valence electrons. The van der Waals surface area contributed by atoms with E-state index in [1.54, 1.807) is 12.1 Å². The van der Waals surface area contributed by atoms with Crippen LogP contribution in [0.2, 0.25) is 0 Å². The van der Waals surface area contributed by atoms with Crippen molar-refractivity contribution >= 4 is 15.9 Å². The number of benzene rings is 1. The third-order valence-electron chi connectivity index (χ3n) is 2.46. The van der Waals surface area contributed by atoms with Crippen molar-refractivity contribution in [2.24, 2.45) is 0 Å². The molecule has 0 unspecified atom stereocenters. The molecule has 0 bridgehead atoms. The summed E-state index contributed by atoms with van der Waals surface area (Å²) in [6, 6.07) is 6.28. The molecule has 1 aliphatic heterocycles. The van der Waals surface area contributed by atoms with Crippen molar-refractivity contribution in [2.45, 2.75) is 12.2 Å². The average Bonchev–Trinajstić information content (AvgIpc) is 2.69. The summed E-state index contributed by atoms with van der Waals surface area (Å²) in [5.74, 6) is -0.928. The molecule has 1 aromatic carbocycles. The van der Waals surface area contributed by atoms with Crippen molar-refractivity contribution in [2.75, 3.05) is 18.5 Å². The maximum Gasteiger partial charge on any atom is 0.195 e. The molecule has 0 atom stereocenters. The summed E-state index contributed by atoms with van der Waals surface area (Å²) in [7, 11) is 0. The third kappa shape index (κ3) is 2.22. The molecule has 1 aromatic rings. The normalized spacial score (nSPS) is 19.3. The number of ether oxygens (including phenoxy) is 2. The molecular weight excluding hydrogens is 263 g/mol. The summed E-state index contributed by atoms with van der Waals surface area (Å²) in [5, 5.41) is 0.782. The van der Waals surface area contributed by atoms with E-state index in [-0.39, 0.29) is 5.82 Å². The molecule has 0 saturated carbocycles. The van der Waals surface area contributed by atoms with E-state index >= 15 is 0 Å². The van der Waals surface area contributed by atoms with E-state index in [2.05, 4.69) is 15.9 Å². The van der Waals surface area contributed by atoms with Crippen LogP contribution in [0.3, 0.4) is 0 Å². The molecule has 1 aliphatic rings. The zero-order valence-corrected chi connectivity index (χ0v) is 9.80. The van der Waals surface area contributed by atoms with Crippen molar-refractivity contribution in [1.82, 2.24) is 0 Å². The number of alkyl halides is 1. The molecule has 0 radical (unpaired) electrons. The fourth-order valence-electron chi connectivity index (χ4n) is 1.74. The van der Waals surface area contributed by atoms with Crippen LogP contribution in [-0.4, -0.2) is 18.5 Å². The summed E-state index contributed by atoms with van der Waals surface area (Å²) in [6.07, 6.45) is 0.721. The molecule has 1 saturated heterocycles. The smallest absolute Gasteiger partial charge is 0.195 e. The summed E-state index contributed by atoms with van der Waals surface area (Å²) in [5.41, 5.74) is 0.876. The SMILES string of the molecule is Fc1ccc(C2(CCBr)OCCO2)cc1. The Kier molecular flexibility index (Phi) is 3.38. The van der Waals surface area contributed by atoms with Gasteiger partial charge in [-0.15, -0.1) is 0 Å². The van der Waals surface area contributed by atoms with Crippen LogP contribution in [-0.2, 0) is 15.3 Å². The fourth-order valence-corrected chi connectivity index (χ4v) is 2.26. The zero-order chi connectivity index (χ0) is 10.7. The van der Waals surface area contributed by atoms with Crippen molar-refractivity contribution in [3.05, 3.63) is 35.6 Å². The molecular formula is C11H12BrFO2. The second-order valence-electron chi connectivity index (χ2n) is 3.40. The monoisotopic (exact) mass is 274 g/mol. The van der Waals surface area contributed by atoms with Gasteiger partial charge in [0, 0.05) is 17.3 Å². The van der Waals surface area contributed by atoms with Gasteiger partial charge in [0.25, 0.3) is 0 Å². The Morgan fingerprint density at radius 3 is 2.33 bits per heavy atom. The summed E-state index contributed by atoms with van der Waals surface area (Å²) >= 11 is 3.37. The van der Waals surface area contributed by atoms with E-state index in [1.165, 1.54) is 12.1 Å². The van der Waals surface area contributed by atoms with Crippen LogP contribution in [0.25, 0.3) is 0 Å². The van der Waals surface area contributed by atoms with Gasteiger partial charge in [-0.25, -0.2) is 4.39 Å². The quantitative estimate of drug-likeness (QED) is 0.790. The molecule has 0 aromatic heterocycles. The van der Waals surface area contributed by atoms with Crippen molar-refractivity contribution < 1.29 is 13.9 Å². The maximum absolute atomic E-state index is 12.8. The van der Waals surface area contributed by atoms with Gasteiger partial charge in [0.2, 0.25) is 0 Å². The minimum Gasteiger partial charge on any atom is -0.343 e.